The summed E-state index contributed by atoms with van der Waals surface area (Å²) in [5.74, 6) is -0.986. The average molecular weight is 262 g/mol. The van der Waals surface area contributed by atoms with Gasteiger partial charge in [-0.25, -0.2) is 9.59 Å². The summed E-state index contributed by atoms with van der Waals surface area (Å²) in [7, 11) is 0. The molecule has 1 aromatic rings. The molecule has 3 N–H and O–H groups in total. The summed E-state index contributed by atoms with van der Waals surface area (Å²) in [5.41, 5.74) is 2.38. The molecule has 0 unspecified atom stereocenters. The maximum absolute atomic E-state index is 11.5. The number of nitrogens with one attached hydrogen (secondary N) is 2. The quantitative estimate of drug-likeness (QED) is 0.714. The van der Waals surface area contributed by atoms with E-state index in [1.54, 1.807) is 18.2 Å². The molecule has 0 radical (unpaired) electrons. The number of aliphatic carboxylic acids is 1. The second-order valence-electron chi connectivity index (χ2n) is 4.12. The van der Waals surface area contributed by atoms with Crippen LogP contribution in [0.15, 0.2) is 24.3 Å². The van der Waals surface area contributed by atoms with E-state index in [0.717, 1.165) is 23.6 Å². The number of urea groups is 1. The molecule has 0 aliphatic carbocycles. The predicted octanol–water partition coefficient (Wildman–Crippen LogP) is 2.62. The van der Waals surface area contributed by atoms with Crippen LogP contribution < -0.4 is 10.6 Å². The zero-order valence-electron chi connectivity index (χ0n) is 11.1. The van der Waals surface area contributed by atoms with E-state index < -0.39 is 5.97 Å². The minimum absolute atomic E-state index is 0.241. The maximum Gasteiger partial charge on any atom is 0.328 e. The van der Waals surface area contributed by atoms with Gasteiger partial charge in [-0.05, 0) is 42.7 Å². The molecule has 2 amide bonds. The van der Waals surface area contributed by atoms with Crippen molar-refractivity contribution < 1.29 is 14.7 Å². The molecule has 0 bridgehead atoms. The van der Waals surface area contributed by atoms with E-state index >= 15 is 0 Å². The summed E-state index contributed by atoms with van der Waals surface area (Å²) < 4.78 is 0. The standard InChI is InChI=1S/C14H18N2O3/c1-3-8-15-14(19)16-12-6-4-11(10(2)9-12)5-7-13(17)18/h4-7,9H,3,8H2,1-2H3,(H,17,18)(H2,15,16,19)/b7-5+. The zero-order valence-corrected chi connectivity index (χ0v) is 11.1. The summed E-state index contributed by atoms with van der Waals surface area (Å²) in [6, 6.07) is 5.06. The molecule has 102 valence electrons. The minimum Gasteiger partial charge on any atom is -0.478 e. The van der Waals surface area contributed by atoms with Gasteiger partial charge in [0.1, 0.15) is 0 Å². The van der Waals surface area contributed by atoms with Gasteiger partial charge in [-0.2, -0.15) is 0 Å². The molecule has 0 heterocycles. The number of hydrogen-bond donors (Lipinski definition) is 3. The average Bonchev–Trinajstić information content (AvgIpc) is 2.35. The third-order valence-electron chi connectivity index (χ3n) is 2.47. The van der Waals surface area contributed by atoms with Crippen LogP contribution in [0.2, 0.25) is 0 Å². The van der Waals surface area contributed by atoms with Crippen LogP contribution in [0.25, 0.3) is 6.08 Å². The van der Waals surface area contributed by atoms with Gasteiger partial charge in [-0.3, -0.25) is 0 Å². The van der Waals surface area contributed by atoms with Crippen molar-refractivity contribution in [1.29, 1.82) is 0 Å². The van der Waals surface area contributed by atoms with Crippen molar-refractivity contribution in [2.45, 2.75) is 20.3 Å². The Morgan fingerprint density at radius 1 is 1.37 bits per heavy atom. The third kappa shape index (κ3) is 5.25. The molecule has 0 aromatic heterocycles. The van der Waals surface area contributed by atoms with Gasteiger partial charge in [0.25, 0.3) is 0 Å². The second-order valence-corrected chi connectivity index (χ2v) is 4.12. The topological polar surface area (TPSA) is 78.4 Å². The van der Waals surface area contributed by atoms with Crippen molar-refractivity contribution in [3.05, 3.63) is 35.4 Å². The first-order valence-electron chi connectivity index (χ1n) is 6.09. The lowest BCUT2D eigenvalue weighted by Gasteiger charge is -2.08. The van der Waals surface area contributed by atoms with Crippen LogP contribution >= 0.6 is 0 Å². The molecular formula is C14H18N2O3. The van der Waals surface area contributed by atoms with Gasteiger partial charge in [0.2, 0.25) is 0 Å². The van der Waals surface area contributed by atoms with Gasteiger partial charge in [0.15, 0.2) is 0 Å². The summed E-state index contributed by atoms with van der Waals surface area (Å²) in [6.45, 7) is 4.47. The van der Waals surface area contributed by atoms with E-state index in [-0.39, 0.29) is 6.03 Å². The summed E-state index contributed by atoms with van der Waals surface area (Å²) in [6.07, 6.45) is 3.49. The molecule has 0 aliphatic heterocycles. The van der Waals surface area contributed by atoms with E-state index in [9.17, 15) is 9.59 Å². The van der Waals surface area contributed by atoms with Crippen molar-refractivity contribution >= 4 is 23.8 Å². The molecule has 5 heteroatoms. The van der Waals surface area contributed by atoms with Gasteiger partial charge in [0.05, 0.1) is 0 Å². The summed E-state index contributed by atoms with van der Waals surface area (Å²) in [5, 5.41) is 14.0. The fraction of sp³-hybridized carbons (Fsp3) is 0.286. The number of carbonyl (C=O) groups excluding carboxylic acids is 1. The van der Waals surface area contributed by atoms with Crippen molar-refractivity contribution in [2.24, 2.45) is 0 Å². The lowest BCUT2D eigenvalue weighted by Crippen LogP contribution is -2.29. The second kappa shape index (κ2) is 7.20. The SMILES string of the molecule is CCCNC(=O)Nc1ccc(/C=C/C(=O)O)c(C)c1. The molecule has 1 rings (SSSR count). The fourth-order valence-corrected chi connectivity index (χ4v) is 1.52. The summed E-state index contributed by atoms with van der Waals surface area (Å²) >= 11 is 0. The van der Waals surface area contributed by atoms with E-state index in [4.69, 9.17) is 5.11 Å². The highest BCUT2D eigenvalue weighted by Gasteiger charge is 2.02. The molecule has 0 saturated heterocycles. The van der Waals surface area contributed by atoms with Crippen LogP contribution in [0.3, 0.4) is 0 Å². The normalized spacial score (nSPS) is 10.4. The third-order valence-corrected chi connectivity index (χ3v) is 2.47. The number of carboxylic acid groups (broad SMARTS) is 1. The van der Waals surface area contributed by atoms with Gasteiger partial charge in [-0.15, -0.1) is 0 Å². The molecule has 0 spiro atoms. The Morgan fingerprint density at radius 3 is 2.68 bits per heavy atom. The number of hydrogen-bond acceptors (Lipinski definition) is 2. The van der Waals surface area contributed by atoms with Crippen molar-refractivity contribution in [3.8, 4) is 0 Å². The van der Waals surface area contributed by atoms with Crippen LogP contribution in [-0.4, -0.2) is 23.7 Å². The van der Waals surface area contributed by atoms with Crippen molar-refractivity contribution in [1.82, 2.24) is 5.32 Å². The highest BCUT2D eigenvalue weighted by atomic mass is 16.4. The lowest BCUT2D eigenvalue weighted by molar-refractivity contribution is -0.131. The molecule has 5 nitrogen and oxygen atoms in total. The number of benzene rings is 1. The first-order valence-corrected chi connectivity index (χ1v) is 6.09. The predicted molar refractivity (Wildman–Crippen MR) is 75.2 cm³/mol. The Bertz CT molecular complexity index is 495. The largest absolute Gasteiger partial charge is 0.478 e. The van der Waals surface area contributed by atoms with Crippen molar-refractivity contribution in [2.75, 3.05) is 11.9 Å². The number of aryl methyl sites for hydroxylation is 1. The zero-order chi connectivity index (χ0) is 14.3. The Kier molecular flexibility index (Phi) is 5.60. The maximum atomic E-state index is 11.5. The Morgan fingerprint density at radius 2 is 2.11 bits per heavy atom. The number of rotatable bonds is 5. The van der Waals surface area contributed by atoms with Gasteiger partial charge in [-0.1, -0.05) is 13.0 Å². The summed E-state index contributed by atoms with van der Waals surface area (Å²) in [4.78, 5) is 21.9. The van der Waals surface area contributed by atoms with Crippen LogP contribution in [0.1, 0.15) is 24.5 Å². The Labute approximate surface area is 112 Å². The molecule has 0 fully saturated rings. The van der Waals surface area contributed by atoms with Gasteiger partial charge in [0, 0.05) is 18.3 Å². The first-order chi connectivity index (χ1) is 9.02. The van der Waals surface area contributed by atoms with Gasteiger partial charge < -0.3 is 15.7 Å². The van der Waals surface area contributed by atoms with E-state index in [2.05, 4.69) is 10.6 Å². The van der Waals surface area contributed by atoms with Crippen LogP contribution in [0.5, 0.6) is 0 Å². The molecule has 0 saturated carbocycles. The van der Waals surface area contributed by atoms with Gasteiger partial charge >= 0.3 is 12.0 Å². The smallest absolute Gasteiger partial charge is 0.328 e. The minimum atomic E-state index is -0.986. The Balaban J connectivity index is 2.71. The number of anilines is 1. The molecule has 0 atom stereocenters. The van der Waals surface area contributed by atoms with Crippen LogP contribution in [0.4, 0.5) is 10.5 Å². The van der Waals surface area contributed by atoms with Crippen LogP contribution in [0, 0.1) is 6.92 Å². The molecular weight excluding hydrogens is 244 g/mol. The number of carboxylic acids is 1. The fourth-order valence-electron chi connectivity index (χ4n) is 1.52. The first kappa shape index (κ1) is 14.8. The molecule has 1 aromatic carbocycles. The molecule has 0 aliphatic rings. The van der Waals surface area contributed by atoms with E-state index in [1.807, 2.05) is 13.8 Å². The highest BCUT2D eigenvalue weighted by Crippen LogP contribution is 2.16. The molecule has 19 heavy (non-hydrogen) atoms. The lowest BCUT2D eigenvalue weighted by atomic mass is 10.1. The number of carbonyl (C=O) groups is 2. The van der Waals surface area contributed by atoms with E-state index in [1.165, 1.54) is 6.08 Å². The highest BCUT2D eigenvalue weighted by molar-refractivity contribution is 5.90. The Hall–Kier alpha value is -2.30. The van der Waals surface area contributed by atoms with Crippen molar-refractivity contribution in [3.63, 3.8) is 0 Å². The monoisotopic (exact) mass is 262 g/mol. The number of amides is 2. The van der Waals surface area contributed by atoms with Crippen LogP contribution in [-0.2, 0) is 4.79 Å². The van der Waals surface area contributed by atoms with E-state index in [0.29, 0.717) is 12.2 Å².